The first-order valence-corrected chi connectivity index (χ1v) is 9.06. The van der Waals surface area contributed by atoms with Crippen molar-refractivity contribution in [2.45, 2.75) is 19.0 Å². The summed E-state index contributed by atoms with van der Waals surface area (Å²) < 4.78 is 16.0. The number of hydrogen-bond acceptors (Lipinski definition) is 7. The molecule has 1 unspecified atom stereocenters. The molecule has 9 heteroatoms. The fourth-order valence-electron chi connectivity index (χ4n) is 3.44. The second-order valence-corrected chi connectivity index (χ2v) is 6.64. The van der Waals surface area contributed by atoms with Crippen molar-refractivity contribution in [1.29, 1.82) is 0 Å². The number of imidazole rings is 1. The zero-order valence-electron chi connectivity index (χ0n) is 15.5. The van der Waals surface area contributed by atoms with Crippen LogP contribution in [-0.4, -0.2) is 38.0 Å². The molecule has 1 N–H and O–H groups in total. The van der Waals surface area contributed by atoms with Crippen LogP contribution in [0.5, 0.6) is 5.75 Å². The lowest BCUT2D eigenvalue weighted by molar-refractivity contribution is 0.0557. The van der Waals surface area contributed by atoms with E-state index < -0.39 is 6.04 Å². The van der Waals surface area contributed by atoms with E-state index in [4.69, 9.17) is 13.7 Å². The first-order chi connectivity index (χ1) is 14.2. The molecule has 1 aliphatic heterocycles. The van der Waals surface area contributed by atoms with Gasteiger partial charge >= 0.3 is 0 Å². The molecule has 0 bridgehead atoms. The molecule has 0 radical (unpaired) electrons. The van der Waals surface area contributed by atoms with Crippen LogP contribution in [-0.2, 0) is 13.0 Å². The molecule has 1 amide bonds. The standard InChI is InChI=1S/C20H17N5O4/c1-27-13-6-4-12(5-7-13)18-23-19(29-24-18)16-9-14-15(22-11-21-14)10-25(16)20(26)17-3-2-8-28-17/h2-8,11,16H,9-10H2,1H3,(H,21,22). The van der Waals surface area contributed by atoms with Gasteiger partial charge in [-0.2, -0.15) is 4.98 Å². The van der Waals surface area contributed by atoms with Gasteiger partial charge in [0.1, 0.15) is 11.8 Å². The van der Waals surface area contributed by atoms with Gasteiger partial charge < -0.3 is 23.6 Å². The maximum atomic E-state index is 13.0. The molecular weight excluding hydrogens is 374 g/mol. The summed E-state index contributed by atoms with van der Waals surface area (Å²) in [6.45, 7) is 0.347. The minimum atomic E-state index is -0.442. The normalized spacial score (nSPS) is 15.9. The van der Waals surface area contributed by atoms with Gasteiger partial charge in [0.15, 0.2) is 5.76 Å². The smallest absolute Gasteiger partial charge is 0.290 e. The molecule has 0 fully saturated rings. The first-order valence-electron chi connectivity index (χ1n) is 9.06. The van der Waals surface area contributed by atoms with Crippen molar-refractivity contribution in [3.8, 4) is 17.1 Å². The van der Waals surface area contributed by atoms with E-state index >= 15 is 0 Å². The van der Waals surface area contributed by atoms with E-state index in [1.807, 2.05) is 24.3 Å². The molecule has 5 rings (SSSR count). The van der Waals surface area contributed by atoms with Crippen LogP contribution in [0.15, 0.2) is 57.9 Å². The second kappa shape index (κ2) is 6.93. The number of ether oxygens (including phenoxy) is 1. The molecule has 9 nitrogen and oxygen atoms in total. The molecule has 4 aromatic rings. The monoisotopic (exact) mass is 391 g/mol. The predicted octanol–water partition coefficient (Wildman–Crippen LogP) is 3.00. The van der Waals surface area contributed by atoms with Crippen LogP contribution >= 0.6 is 0 Å². The van der Waals surface area contributed by atoms with Crippen LogP contribution in [0.4, 0.5) is 0 Å². The van der Waals surface area contributed by atoms with Crippen molar-refractivity contribution in [3.05, 3.63) is 72.0 Å². The average Bonchev–Trinajstić information content (AvgIpc) is 3.53. The summed E-state index contributed by atoms with van der Waals surface area (Å²) in [6.07, 6.45) is 3.57. The van der Waals surface area contributed by atoms with E-state index in [0.717, 1.165) is 22.7 Å². The quantitative estimate of drug-likeness (QED) is 0.569. The number of methoxy groups -OCH3 is 1. The summed E-state index contributed by atoms with van der Waals surface area (Å²) in [6, 6.07) is 10.2. The highest BCUT2D eigenvalue weighted by Gasteiger charge is 2.37. The molecule has 4 heterocycles. The Kier molecular flexibility index (Phi) is 4.12. The number of H-pyrrole nitrogens is 1. The SMILES string of the molecule is COc1ccc(-c2noc(C3Cc4nc[nH]c4CN3C(=O)c3ccco3)n2)cc1. The molecule has 146 valence electrons. The van der Waals surface area contributed by atoms with E-state index in [0.29, 0.717) is 24.7 Å². The van der Waals surface area contributed by atoms with Crippen molar-refractivity contribution < 1.29 is 18.5 Å². The Labute approximate surface area is 165 Å². The minimum Gasteiger partial charge on any atom is -0.497 e. The van der Waals surface area contributed by atoms with Crippen molar-refractivity contribution in [3.63, 3.8) is 0 Å². The molecule has 3 aromatic heterocycles. The van der Waals surface area contributed by atoms with E-state index in [-0.39, 0.29) is 11.7 Å². The summed E-state index contributed by atoms with van der Waals surface area (Å²) in [4.78, 5) is 26.7. The Morgan fingerprint density at radius 2 is 2.14 bits per heavy atom. The summed E-state index contributed by atoms with van der Waals surface area (Å²) in [5.74, 6) is 1.55. The van der Waals surface area contributed by atoms with Gasteiger partial charge in [-0.3, -0.25) is 4.79 Å². The Morgan fingerprint density at radius 1 is 1.28 bits per heavy atom. The highest BCUT2D eigenvalue weighted by Crippen LogP contribution is 2.33. The highest BCUT2D eigenvalue weighted by molar-refractivity contribution is 5.91. The Balaban J connectivity index is 1.49. The first kappa shape index (κ1) is 17.2. The number of aromatic amines is 1. The lowest BCUT2D eigenvalue weighted by atomic mass is 10.0. The predicted molar refractivity (Wildman–Crippen MR) is 99.9 cm³/mol. The van der Waals surface area contributed by atoms with Crippen LogP contribution in [0.1, 0.15) is 33.9 Å². The second-order valence-electron chi connectivity index (χ2n) is 6.64. The van der Waals surface area contributed by atoms with Gasteiger partial charge in [0, 0.05) is 12.0 Å². The number of fused-ring (bicyclic) bond motifs is 1. The number of furan rings is 1. The molecule has 29 heavy (non-hydrogen) atoms. The Bertz CT molecular complexity index is 1130. The highest BCUT2D eigenvalue weighted by atomic mass is 16.5. The van der Waals surface area contributed by atoms with E-state index in [9.17, 15) is 4.79 Å². The summed E-state index contributed by atoms with van der Waals surface area (Å²) in [7, 11) is 1.61. The largest absolute Gasteiger partial charge is 0.497 e. The number of hydrogen-bond donors (Lipinski definition) is 1. The number of carbonyl (C=O) groups is 1. The van der Waals surface area contributed by atoms with Crippen LogP contribution in [0, 0.1) is 0 Å². The Hall–Kier alpha value is -3.88. The molecule has 0 aliphatic carbocycles. The number of aromatic nitrogens is 4. The van der Waals surface area contributed by atoms with Crippen molar-refractivity contribution in [2.75, 3.05) is 7.11 Å². The third-order valence-corrected chi connectivity index (χ3v) is 4.97. The van der Waals surface area contributed by atoms with Crippen molar-refractivity contribution in [2.24, 2.45) is 0 Å². The summed E-state index contributed by atoms with van der Waals surface area (Å²) >= 11 is 0. The van der Waals surface area contributed by atoms with Gasteiger partial charge in [-0.15, -0.1) is 0 Å². The zero-order chi connectivity index (χ0) is 19.8. The maximum absolute atomic E-state index is 13.0. The lowest BCUT2D eigenvalue weighted by Gasteiger charge is -2.32. The van der Waals surface area contributed by atoms with Crippen molar-refractivity contribution >= 4 is 5.91 Å². The molecule has 1 aromatic carbocycles. The Morgan fingerprint density at radius 3 is 2.90 bits per heavy atom. The van der Waals surface area contributed by atoms with E-state index in [1.165, 1.54) is 6.26 Å². The van der Waals surface area contributed by atoms with Crippen molar-refractivity contribution in [1.82, 2.24) is 25.0 Å². The fraction of sp³-hybridized carbons (Fsp3) is 0.200. The average molecular weight is 391 g/mol. The van der Waals surface area contributed by atoms with Crippen LogP contribution in [0.25, 0.3) is 11.4 Å². The summed E-state index contributed by atoms with van der Waals surface area (Å²) in [5, 5.41) is 4.10. The van der Waals surface area contributed by atoms with Gasteiger partial charge in [-0.1, -0.05) is 5.16 Å². The van der Waals surface area contributed by atoms with Crippen LogP contribution < -0.4 is 4.74 Å². The number of benzene rings is 1. The molecule has 0 saturated heterocycles. The van der Waals surface area contributed by atoms with E-state index in [2.05, 4.69) is 20.1 Å². The lowest BCUT2D eigenvalue weighted by Crippen LogP contribution is -2.39. The fourth-order valence-corrected chi connectivity index (χ4v) is 3.44. The van der Waals surface area contributed by atoms with Gasteiger partial charge in [0.05, 0.1) is 37.6 Å². The minimum absolute atomic E-state index is 0.246. The van der Waals surface area contributed by atoms with Gasteiger partial charge in [0.25, 0.3) is 5.91 Å². The molecule has 0 saturated carbocycles. The number of carbonyl (C=O) groups excluding carboxylic acids is 1. The maximum Gasteiger partial charge on any atom is 0.290 e. The number of rotatable bonds is 4. The number of amides is 1. The molecule has 0 spiro atoms. The molecular formula is C20H17N5O4. The topological polar surface area (TPSA) is 110 Å². The third-order valence-electron chi connectivity index (χ3n) is 4.97. The van der Waals surface area contributed by atoms with Crippen LogP contribution in [0.2, 0.25) is 0 Å². The number of nitrogens with zero attached hydrogens (tertiary/aromatic N) is 4. The van der Waals surface area contributed by atoms with Crippen LogP contribution in [0.3, 0.4) is 0 Å². The third kappa shape index (κ3) is 3.06. The van der Waals surface area contributed by atoms with Gasteiger partial charge in [-0.05, 0) is 36.4 Å². The van der Waals surface area contributed by atoms with Gasteiger partial charge in [-0.25, -0.2) is 4.98 Å². The zero-order valence-corrected chi connectivity index (χ0v) is 15.5. The molecule has 1 atom stereocenters. The number of nitrogens with one attached hydrogen (secondary N) is 1. The molecule has 1 aliphatic rings. The van der Waals surface area contributed by atoms with Gasteiger partial charge in [0.2, 0.25) is 11.7 Å². The van der Waals surface area contributed by atoms with E-state index in [1.54, 1.807) is 30.5 Å². The summed E-state index contributed by atoms with van der Waals surface area (Å²) in [5.41, 5.74) is 2.56.